The summed E-state index contributed by atoms with van der Waals surface area (Å²) in [7, 11) is -3.70. The molecule has 2 aromatic carbocycles. The summed E-state index contributed by atoms with van der Waals surface area (Å²) in [6, 6.07) is 15.7. The van der Waals surface area contributed by atoms with Crippen molar-refractivity contribution in [3.63, 3.8) is 0 Å². The highest BCUT2D eigenvalue weighted by Crippen LogP contribution is 2.38. The quantitative estimate of drug-likeness (QED) is 0.684. The molecule has 0 spiro atoms. The standard InChI is InChI=1S/C21H24N2O2S/c1-4-16(3)20(17-8-6-5-7-9-17)18-14-15(2)10-11-19(18)26(24,25)21-22-12-13-23-21/h5-14,16,20H,4H2,1-3H3,(H,22,23). The lowest BCUT2D eigenvalue weighted by Gasteiger charge is -2.26. The van der Waals surface area contributed by atoms with E-state index < -0.39 is 9.84 Å². The van der Waals surface area contributed by atoms with E-state index in [2.05, 4.69) is 35.9 Å². The molecule has 136 valence electrons. The second kappa shape index (κ2) is 7.46. The molecule has 26 heavy (non-hydrogen) atoms. The van der Waals surface area contributed by atoms with Gasteiger partial charge in [0.1, 0.15) is 0 Å². The van der Waals surface area contributed by atoms with Crippen molar-refractivity contribution in [2.24, 2.45) is 5.92 Å². The molecule has 0 bridgehead atoms. The molecule has 0 saturated carbocycles. The molecule has 0 saturated heterocycles. The third-order valence-electron chi connectivity index (χ3n) is 4.89. The van der Waals surface area contributed by atoms with Crippen LogP contribution in [0.2, 0.25) is 0 Å². The molecule has 5 heteroatoms. The largest absolute Gasteiger partial charge is 0.335 e. The van der Waals surface area contributed by atoms with Crippen LogP contribution < -0.4 is 0 Å². The van der Waals surface area contributed by atoms with Crippen LogP contribution in [0.25, 0.3) is 0 Å². The molecule has 4 nitrogen and oxygen atoms in total. The zero-order valence-corrected chi connectivity index (χ0v) is 16.1. The Bertz CT molecular complexity index is 965. The van der Waals surface area contributed by atoms with Crippen molar-refractivity contribution in [2.75, 3.05) is 0 Å². The first kappa shape index (κ1) is 18.4. The first-order chi connectivity index (χ1) is 12.4. The molecule has 3 rings (SSSR count). The number of hydrogen-bond acceptors (Lipinski definition) is 3. The molecule has 2 atom stereocenters. The zero-order chi connectivity index (χ0) is 18.7. The summed E-state index contributed by atoms with van der Waals surface area (Å²) in [5, 5.41) is -0.0152. The van der Waals surface area contributed by atoms with E-state index in [1.807, 2.05) is 37.3 Å². The van der Waals surface area contributed by atoms with Gasteiger partial charge < -0.3 is 4.98 Å². The first-order valence-electron chi connectivity index (χ1n) is 8.85. The van der Waals surface area contributed by atoms with Gasteiger partial charge in [-0.25, -0.2) is 13.4 Å². The summed E-state index contributed by atoms with van der Waals surface area (Å²) in [5.74, 6) is 0.297. The summed E-state index contributed by atoms with van der Waals surface area (Å²) in [4.78, 5) is 7.05. The van der Waals surface area contributed by atoms with Gasteiger partial charge in [0.05, 0.1) is 4.90 Å². The third kappa shape index (κ3) is 3.44. The molecular weight excluding hydrogens is 344 g/mol. The molecule has 0 aliphatic heterocycles. The van der Waals surface area contributed by atoms with Crippen molar-refractivity contribution >= 4 is 9.84 Å². The van der Waals surface area contributed by atoms with E-state index in [4.69, 9.17) is 0 Å². The van der Waals surface area contributed by atoms with Crippen molar-refractivity contribution in [3.05, 3.63) is 77.6 Å². The Labute approximate surface area is 155 Å². The van der Waals surface area contributed by atoms with Crippen LogP contribution in [-0.2, 0) is 9.84 Å². The van der Waals surface area contributed by atoms with Crippen molar-refractivity contribution in [1.82, 2.24) is 9.97 Å². The fourth-order valence-electron chi connectivity index (χ4n) is 3.37. The summed E-state index contributed by atoms with van der Waals surface area (Å²) in [5.41, 5.74) is 3.01. The fourth-order valence-corrected chi connectivity index (χ4v) is 4.74. The summed E-state index contributed by atoms with van der Waals surface area (Å²) >= 11 is 0. The molecule has 1 heterocycles. The number of aromatic amines is 1. The van der Waals surface area contributed by atoms with E-state index in [-0.39, 0.29) is 11.1 Å². The van der Waals surface area contributed by atoms with E-state index in [1.54, 1.807) is 6.07 Å². The lowest BCUT2D eigenvalue weighted by atomic mass is 9.80. The van der Waals surface area contributed by atoms with Crippen LogP contribution in [0, 0.1) is 12.8 Å². The minimum atomic E-state index is -3.70. The first-order valence-corrected chi connectivity index (χ1v) is 10.3. The van der Waals surface area contributed by atoms with Crippen molar-refractivity contribution in [2.45, 2.75) is 43.2 Å². The molecule has 3 aromatic rings. The van der Waals surface area contributed by atoms with Gasteiger partial charge in [-0.15, -0.1) is 0 Å². The second-order valence-electron chi connectivity index (χ2n) is 6.71. The van der Waals surface area contributed by atoms with Crippen molar-refractivity contribution in [3.8, 4) is 0 Å². The number of hydrogen-bond donors (Lipinski definition) is 1. The Hall–Kier alpha value is -2.40. The minimum Gasteiger partial charge on any atom is -0.335 e. The Balaban J connectivity index is 2.24. The maximum absolute atomic E-state index is 13.2. The lowest BCUT2D eigenvalue weighted by molar-refractivity contribution is 0.489. The normalized spacial score (nSPS) is 14.1. The monoisotopic (exact) mass is 368 g/mol. The highest BCUT2D eigenvalue weighted by molar-refractivity contribution is 7.91. The van der Waals surface area contributed by atoms with Crippen molar-refractivity contribution < 1.29 is 8.42 Å². The minimum absolute atomic E-state index is 0.000775. The van der Waals surface area contributed by atoms with Crippen LogP contribution in [0.15, 0.2) is 71.0 Å². The molecule has 0 aliphatic rings. The van der Waals surface area contributed by atoms with E-state index >= 15 is 0 Å². The van der Waals surface area contributed by atoms with E-state index in [0.717, 1.165) is 23.1 Å². The average Bonchev–Trinajstić information content (AvgIpc) is 3.18. The number of benzene rings is 2. The second-order valence-corrected chi connectivity index (χ2v) is 8.55. The predicted octanol–water partition coefficient (Wildman–Crippen LogP) is 4.73. The Kier molecular flexibility index (Phi) is 5.28. The Morgan fingerprint density at radius 3 is 2.46 bits per heavy atom. The predicted molar refractivity (Wildman–Crippen MR) is 103 cm³/mol. The van der Waals surface area contributed by atoms with Crippen LogP contribution in [0.3, 0.4) is 0 Å². The van der Waals surface area contributed by atoms with Crippen LogP contribution >= 0.6 is 0 Å². The van der Waals surface area contributed by atoms with E-state index in [9.17, 15) is 8.42 Å². The maximum Gasteiger partial charge on any atom is 0.240 e. The zero-order valence-electron chi connectivity index (χ0n) is 15.3. The fraction of sp³-hybridized carbons (Fsp3) is 0.286. The molecule has 0 radical (unpaired) electrons. The molecule has 0 fully saturated rings. The topological polar surface area (TPSA) is 62.8 Å². The highest BCUT2D eigenvalue weighted by atomic mass is 32.2. The number of rotatable bonds is 6. The van der Waals surface area contributed by atoms with Crippen molar-refractivity contribution in [1.29, 1.82) is 0 Å². The number of aromatic nitrogens is 2. The summed E-state index contributed by atoms with van der Waals surface area (Å²) in [6.45, 7) is 6.30. The molecule has 0 amide bonds. The van der Waals surface area contributed by atoms with Gasteiger partial charge in [-0.05, 0) is 30.0 Å². The Morgan fingerprint density at radius 2 is 1.85 bits per heavy atom. The smallest absolute Gasteiger partial charge is 0.240 e. The van der Waals surface area contributed by atoms with Gasteiger partial charge in [0.25, 0.3) is 0 Å². The van der Waals surface area contributed by atoms with E-state index in [1.165, 1.54) is 12.4 Å². The number of H-pyrrole nitrogens is 1. The summed E-state index contributed by atoms with van der Waals surface area (Å²) < 4.78 is 26.4. The van der Waals surface area contributed by atoms with Gasteiger partial charge in [-0.2, -0.15) is 0 Å². The molecule has 1 aromatic heterocycles. The van der Waals surface area contributed by atoms with Crippen LogP contribution in [-0.4, -0.2) is 18.4 Å². The molecular formula is C21H24N2O2S. The number of aryl methyl sites for hydroxylation is 1. The van der Waals surface area contributed by atoms with Gasteiger partial charge in [0.15, 0.2) is 0 Å². The molecule has 1 N–H and O–H groups in total. The van der Waals surface area contributed by atoms with Crippen LogP contribution in [0.4, 0.5) is 0 Å². The van der Waals surface area contributed by atoms with Gasteiger partial charge in [-0.3, -0.25) is 0 Å². The molecule has 0 aliphatic carbocycles. The average molecular weight is 369 g/mol. The van der Waals surface area contributed by atoms with Gasteiger partial charge in [-0.1, -0.05) is 68.3 Å². The number of nitrogens with one attached hydrogen (secondary N) is 1. The van der Waals surface area contributed by atoms with E-state index in [0.29, 0.717) is 10.8 Å². The number of sulfone groups is 1. The number of imidazole rings is 1. The summed E-state index contributed by atoms with van der Waals surface area (Å²) in [6.07, 6.45) is 3.95. The SMILES string of the molecule is CCC(C)C(c1ccccc1)c1cc(C)ccc1S(=O)(=O)c1ncc[nH]1. The van der Waals surface area contributed by atoms with Crippen LogP contribution in [0.5, 0.6) is 0 Å². The lowest BCUT2D eigenvalue weighted by Crippen LogP contribution is -2.16. The Morgan fingerprint density at radius 1 is 1.12 bits per heavy atom. The van der Waals surface area contributed by atoms with Gasteiger partial charge >= 0.3 is 0 Å². The highest BCUT2D eigenvalue weighted by Gasteiger charge is 2.30. The van der Waals surface area contributed by atoms with Crippen LogP contribution in [0.1, 0.15) is 42.9 Å². The van der Waals surface area contributed by atoms with Gasteiger partial charge in [0, 0.05) is 18.3 Å². The van der Waals surface area contributed by atoms with Gasteiger partial charge in [0.2, 0.25) is 15.0 Å². The maximum atomic E-state index is 13.2. The molecule has 2 unspecified atom stereocenters. The third-order valence-corrected chi connectivity index (χ3v) is 6.57. The number of nitrogens with zero attached hydrogens (tertiary/aromatic N) is 1.